The summed E-state index contributed by atoms with van der Waals surface area (Å²) in [5.74, 6) is 0.260. The van der Waals surface area contributed by atoms with E-state index in [2.05, 4.69) is 15.5 Å². The summed E-state index contributed by atoms with van der Waals surface area (Å²) in [7, 11) is 0. The summed E-state index contributed by atoms with van der Waals surface area (Å²) >= 11 is 0. The van der Waals surface area contributed by atoms with Crippen LogP contribution in [0.15, 0.2) is 10.6 Å². The first kappa shape index (κ1) is 14.6. The quantitative estimate of drug-likeness (QED) is 0.904. The van der Waals surface area contributed by atoms with Gasteiger partial charge in [0.15, 0.2) is 0 Å². The topological polar surface area (TPSA) is 88.2 Å². The molecule has 2 aromatic heterocycles. The highest BCUT2D eigenvalue weighted by Crippen LogP contribution is 2.40. The normalized spacial score (nSPS) is 20.1. The molecule has 1 amide bonds. The third-order valence-corrected chi connectivity index (χ3v) is 5.12. The smallest absolute Gasteiger partial charge is 0.259 e. The summed E-state index contributed by atoms with van der Waals surface area (Å²) in [4.78, 5) is 17.4. The van der Waals surface area contributed by atoms with Crippen LogP contribution in [-0.4, -0.2) is 33.3 Å². The fourth-order valence-electron chi connectivity index (χ4n) is 3.56. The summed E-state index contributed by atoms with van der Waals surface area (Å²) < 4.78 is 5.29. The molecule has 2 aliphatic carbocycles. The Hall–Kier alpha value is -1.95. The Morgan fingerprint density at radius 2 is 2.17 bits per heavy atom. The number of aliphatic hydroxyl groups excluding tert-OH is 1. The van der Waals surface area contributed by atoms with Gasteiger partial charge in [-0.1, -0.05) is 18.0 Å². The van der Waals surface area contributed by atoms with Crippen LogP contribution in [0.2, 0.25) is 0 Å². The van der Waals surface area contributed by atoms with Gasteiger partial charge in [-0.25, -0.2) is 4.98 Å². The van der Waals surface area contributed by atoms with Gasteiger partial charge in [-0.3, -0.25) is 4.79 Å². The molecule has 0 atom stereocenters. The van der Waals surface area contributed by atoms with Gasteiger partial charge in [0.05, 0.1) is 28.8 Å². The number of rotatable bonds is 4. The summed E-state index contributed by atoms with van der Waals surface area (Å²) in [6.07, 6.45) is 5.92. The van der Waals surface area contributed by atoms with Crippen molar-refractivity contribution in [1.82, 2.24) is 15.5 Å². The number of nitrogens with one attached hydrogen (secondary N) is 1. The van der Waals surface area contributed by atoms with E-state index >= 15 is 0 Å². The SMILES string of the molecule is Cc1noc2nc(C3CC3)cc(C(=O)NC3(CO)CCCC3)c12. The lowest BCUT2D eigenvalue weighted by Crippen LogP contribution is -2.49. The van der Waals surface area contributed by atoms with Crippen molar-refractivity contribution >= 4 is 17.0 Å². The summed E-state index contributed by atoms with van der Waals surface area (Å²) in [6.45, 7) is 1.80. The first-order chi connectivity index (χ1) is 11.1. The number of hydrogen-bond donors (Lipinski definition) is 2. The van der Waals surface area contributed by atoms with Crippen LogP contribution in [-0.2, 0) is 0 Å². The molecule has 0 aliphatic heterocycles. The minimum atomic E-state index is -0.489. The molecular weight excluding hydrogens is 294 g/mol. The zero-order chi connectivity index (χ0) is 16.0. The Morgan fingerprint density at radius 3 is 2.83 bits per heavy atom. The standard InChI is InChI=1S/C17H21N3O3/c1-10-14-12(15(22)19-17(9-21)6-2-3-7-17)8-13(11-4-5-11)18-16(14)23-20-10/h8,11,21H,2-7,9H2,1H3,(H,19,22). The van der Waals surface area contributed by atoms with E-state index in [9.17, 15) is 9.90 Å². The van der Waals surface area contributed by atoms with Crippen LogP contribution in [0.1, 0.15) is 66.2 Å². The Kier molecular flexibility index (Phi) is 3.37. The van der Waals surface area contributed by atoms with E-state index < -0.39 is 5.54 Å². The van der Waals surface area contributed by atoms with Crippen molar-refractivity contribution < 1.29 is 14.4 Å². The maximum atomic E-state index is 12.9. The Bertz CT molecular complexity index is 758. The third-order valence-electron chi connectivity index (χ3n) is 5.12. The molecule has 4 rings (SSSR count). The fourth-order valence-corrected chi connectivity index (χ4v) is 3.56. The number of aliphatic hydroxyl groups is 1. The molecule has 2 saturated carbocycles. The van der Waals surface area contributed by atoms with Crippen molar-refractivity contribution in [2.24, 2.45) is 0 Å². The van der Waals surface area contributed by atoms with Gasteiger partial charge >= 0.3 is 0 Å². The predicted octanol–water partition coefficient (Wildman–Crippen LogP) is 2.44. The Labute approximate surface area is 134 Å². The highest BCUT2D eigenvalue weighted by atomic mass is 16.5. The summed E-state index contributed by atoms with van der Waals surface area (Å²) in [6, 6.07) is 1.87. The van der Waals surface area contributed by atoms with Gasteiger partial charge < -0.3 is 14.9 Å². The van der Waals surface area contributed by atoms with Gasteiger partial charge in [-0.2, -0.15) is 0 Å². The van der Waals surface area contributed by atoms with E-state index in [0.29, 0.717) is 28.3 Å². The summed E-state index contributed by atoms with van der Waals surface area (Å²) in [5.41, 5.74) is 2.09. The molecule has 2 fully saturated rings. The van der Waals surface area contributed by atoms with Crippen LogP contribution in [0.25, 0.3) is 11.1 Å². The second-order valence-electron chi connectivity index (χ2n) is 6.92. The number of carbonyl (C=O) groups is 1. The number of pyridine rings is 1. The largest absolute Gasteiger partial charge is 0.394 e. The molecule has 0 bridgehead atoms. The van der Waals surface area contributed by atoms with E-state index in [-0.39, 0.29) is 12.5 Å². The van der Waals surface area contributed by atoms with Gasteiger partial charge in [0, 0.05) is 11.6 Å². The van der Waals surface area contributed by atoms with Crippen LogP contribution in [0.3, 0.4) is 0 Å². The van der Waals surface area contributed by atoms with Crippen molar-refractivity contribution in [1.29, 1.82) is 0 Å². The number of fused-ring (bicyclic) bond motifs is 1. The van der Waals surface area contributed by atoms with E-state index in [1.54, 1.807) is 0 Å². The number of nitrogens with zero attached hydrogens (tertiary/aromatic N) is 2. The molecule has 6 heteroatoms. The zero-order valence-electron chi connectivity index (χ0n) is 13.3. The van der Waals surface area contributed by atoms with Crippen LogP contribution in [0.5, 0.6) is 0 Å². The minimum Gasteiger partial charge on any atom is -0.394 e. The first-order valence-electron chi connectivity index (χ1n) is 8.32. The number of aryl methyl sites for hydroxylation is 1. The van der Waals surface area contributed by atoms with Crippen molar-refractivity contribution in [2.45, 2.75) is 56.9 Å². The molecule has 0 unspecified atom stereocenters. The van der Waals surface area contributed by atoms with Crippen molar-refractivity contribution in [2.75, 3.05) is 6.61 Å². The van der Waals surface area contributed by atoms with Gasteiger partial charge in [-0.15, -0.1) is 0 Å². The van der Waals surface area contributed by atoms with Crippen LogP contribution < -0.4 is 5.32 Å². The predicted molar refractivity (Wildman–Crippen MR) is 84.3 cm³/mol. The lowest BCUT2D eigenvalue weighted by atomic mass is 9.97. The third kappa shape index (κ3) is 2.51. The van der Waals surface area contributed by atoms with E-state index in [4.69, 9.17) is 4.52 Å². The maximum absolute atomic E-state index is 12.9. The maximum Gasteiger partial charge on any atom is 0.259 e. The molecule has 0 aromatic carbocycles. The molecule has 2 aliphatic rings. The lowest BCUT2D eigenvalue weighted by molar-refractivity contribution is 0.0840. The number of carbonyl (C=O) groups excluding carboxylic acids is 1. The average molecular weight is 315 g/mol. The molecular formula is C17H21N3O3. The van der Waals surface area contributed by atoms with Crippen LogP contribution in [0, 0.1) is 6.92 Å². The second-order valence-corrected chi connectivity index (χ2v) is 6.92. The lowest BCUT2D eigenvalue weighted by Gasteiger charge is -2.28. The molecule has 6 nitrogen and oxygen atoms in total. The Balaban J connectivity index is 1.74. The second kappa shape index (κ2) is 5.30. The van der Waals surface area contributed by atoms with Gasteiger partial charge in [0.2, 0.25) is 0 Å². The fraction of sp³-hybridized carbons (Fsp3) is 0.588. The molecule has 0 radical (unpaired) electrons. The molecule has 0 spiro atoms. The van der Waals surface area contributed by atoms with Crippen molar-refractivity contribution in [3.05, 3.63) is 23.0 Å². The monoisotopic (exact) mass is 315 g/mol. The number of aromatic nitrogens is 2. The molecule has 122 valence electrons. The average Bonchev–Trinajstić information content (AvgIpc) is 3.20. The molecule has 2 heterocycles. The van der Waals surface area contributed by atoms with Gasteiger partial charge in [-0.05, 0) is 38.7 Å². The highest BCUT2D eigenvalue weighted by Gasteiger charge is 2.36. The van der Waals surface area contributed by atoms with Crippen molar-refractivity contribution in [3.63, 3.8) is 0 Å². The number of hydrogen-bond acceptors (Lipinski definition) is 5. The minimum absolute atomic E-state index is 0.0228. The first-order valence-corrected chi connectivity index (χ1v) is 8.32. The van der Waals surface area contributed by atoms with E-state index in [1.165, 1.54) is 0 Å². The van der Waals surface area contributed by atoms with E-state index in [0.717, 1.165) is 44.2 Å². The number of amides is 1. The Morgan fingerprint density at radius 1 is 1.43 bits per heavy atom. The van der Waals surface area contributed by atoms with Gasteiger partial charge in [0.25, 0.3) is 11.6 Å². The molecule has 23 heavy (non-hydrogen) atoms. The zero-order valence-corrected chi connectivity index (χ0v) is 13.3. The van der Waals surface area contributed by atoms with Crippen LogP contribution in [0.4, 0.5) is 0 Å². The summed E-state index contributed by atoms with van der Waals surface area (Å²) in [5, 5.41) is 17.4. The van der Waals surface area contributed by atoms with Crippen molar-refractivity contribution in [3.8, 4) is 0 Å². The highest BCUT2D eigenvalue weighted by molar-refractivity contribution is 6.06. The molecule has 2 N–H and O–H groups in total. The molecule has 2 aromatic rings. The van der Waals surface area contributed by atoms with E-state index in [1.807, 2.05) is 13.0 Å². The molecule has 0 saturated heterocycles. The van der Waals surface area contributed by atoms with Crippen LogP contribution >= 0.6 is 0 Å². The van der Waals surface area contributed by atoms with Gasteiger partial charge in [0.1, 0.15) is 0 Å².